The molecule has 0 radical (unpaired) electrons. The van der Waals surface area contributed by atoms with Crippen molar-refractivity contribution in [3.8, 4) is 11.5 Å². The molecule has 0 spiro atoms. The summed E-state index contributed by atoms with van der Waals surface area (Å²) in [5, 5.41) is 0. The van der Waals surface area contributed by atoms with Crippen LogP contribution in [0.15, 0.2) is 66.8 Å². The maximum absolute atomic E-state index is 11.0. The maximum Gasteiger partial charge on any atom is 0.123 e. The molecule has 1 aromatic rings. The van der Waals surface area contributed by atoms with Crippen LogP contribution < -0.4 is 9.47 Å². The number of rotatable bonds is 35. The average molecular weight is 663 g/mol. The SMILES string of the molecule is CCCCCC=CCC=CCCCCCCCCOc1cc(CCC=O)cc(OCCCCCCCCC=CCC=CCCCCC)c1. The molecular formula is C45H74O3. The summed E-state index contributed by atoms with van der Waals surface area (Å²) >= 11 is 0. The summed E-state index contributed by atoms with van der Waals surface area (Å²) in [6.45, 7) is 5.98. The van der Waals surface area contributed by atoms with Crippen molar-refractivity contribution in [2.75, 3.05) is 13.2 Å². The number of aldehydes is 1. The van der Waals surface area contributed by atoms with Gasteiger partial charge in [-0.3, -0.25) is 0 Å². The van der Waals surface area contributed by atoms with E-state index in [1.54, 1.807) is 0 Å². The van der Waals surface area contributed by atoms with Gasteiger partial charge in [0, 0.05) is 12.5 Å². The molecule has 0 N–H and O–H groups in total. The molecule has 0 aliphatic rings. The highest BCUT2D eigenvalue weighted by atomic mass is 16.5. The first-order chi connectivity index (χ1) is 23.8. The minimum absolute atomic E-state index is 0.529. The second kappa shape index (κ2) is 35.7. The molecule has 0 unspecified atom stereocenters. The van der Waals surface area contributed by atoms with Gasteiger partial charge >= 0.3 is 0 Å². The third kappa shape index (κ3) is 29.6. The highest BCUT2D eigenvalue weighted by molar-refractivity contribution is 5.50. The zero-order valence-corrected chi connectivity index (χ0v) is 31.5. The normalized spacial score (nSPS) is 12.0. The van der Waals surface area contributed by atoms with Gasteiger partial charge in [0.25, 0.3) is 0 Å². The van der Waals surface area contributed by atoms with Gasteiger partial charge in [-0.15, -0.1) is 0 Å². The van der Waals surface area contributed by atoms with E-state index in [0.717, 1.165) is 68.7 Å². The van der Waals surface area contributed by atoms with Crippen LogP contribution in [0.5, 0.6) is 11.5 Å². The molecule has 3 nitrogen and oxygen atoms in total. The summed E-state index contributed by atoms with van der Waals surface area (Å²) in [4.78, 5) is 11.0. The molecule has 0 saturated carbocycles. The van der Waals surface area contributed by atoms with Crippen molar-refractivity contribution in [3.05, 3.63) is 72.4 Å². The minimum atomic E-state index is 0.529. The van der Waals surface area contributed by atoms with E-state index in [1.807, 2.05) is 6.07 Å². The number of carbonyl (C=O) groups excluding carboxylic acids is 1. The van der Waals surface area contributed by atoms with Gasteiger partial charge in [-0.2, -0.15) is 0 Å². The van der Waals surface area contributed by atoms with E-state index in [2.05, 4.69) is 74.6 Å². The van der Waals surface area contributed by atoms with Gasteiger partial charge in [0.1, 0.15) is 17.8 Å². The first kappa shape index (κ1) is 43.5. The Hall–Kier alpha value is -2.55. The van der Waals surface area contributed by atoms with E-state index in [9.17, 15) is 4.79 Å². The van der Waals surface area contributed by atoms with Gasteiger partial charge in [-0.25, -0.2) is 0 Å². The molecule has 272 valence electrons. The van der Waals surface area contributed by atoms with Crippen molar-refractivity contribution in [1.29, 1.82) is 0 Å². The third-order valence-corrected chi connectivity index (χ3v) is 8.72. The summed E-state index contributed by atoms with van der Waals surface area (Å²) in [5.41, 5.74) is 1.11. The molecule has 0 saturated heterocycles. The molecule has 1 rings (SSSR count). The molecule has 0 amide bonds. The van der Waals surface area contributed by atoms with Crippen LogP contribution in [-0.4, -0.2) is 19.5 Å². The van der Waals surface area contributed by atoms with Crippen LogP contribution in [0, 0.1) is 0 Å². The number of hydrogen-bond acceptors (Lipinski definition) is 3. The summed E-state index contributed by atoms with van der Waals surface area (Å²) in [6.07, 6.45) is 50.8. The van der Waals surface area contributed by atoms with E-state index < -0.39 is 0 Å². The van der Waals surface area contributed by atoms with E-state index >= 15 is 0 Å². The Labute approximate surface area is 297 Å². The fourth-order valence-corrected chi connectivity index (χ4v) is 5.73. The van der Waals surface area contributed by atoms with Gasteiger partial charge < -0.3 is 14.3 Å². The van der Waals surface area contributed by atoms with Crippen LogP contribution in [0.25, 0.3) is 0 Å². The topological polar surface area (TPSA) is 35.5 Å². The van der Waals surface area contributed by atoms with Crippen LogP contribution in [0.2, 0.25) is 0 Å². The molecule has 0 aromatic heterocycles. The molecule has 0 bridgehead atoms. The first-order valence-electron chi connectivity index (χ1n) is 20.2. The largest absolute Gasteiger partial charge is 0.493 e. The smallest absolute Gasteiger partial charge is 0.123 e. The quantitative estimate of drug-likeness (QED) is 0.0412. The number of aryl methyl sites for hydroxylation is 1. The van der Waals surface area contributed by atoms with E-state index in [1.165, 1.54) is 128 Å². The molecule has 0 fully saturated rings. The van der Waals surface area contributed by atoms with Crippen molar-refractivity contribution < 1.29 is 14.3 Å². The molecule has 3 heteroatoms. The summed E-state index contributed by atoms with van der Waals surface area (Å²) in [6, 6.07) is 6.18. The lowest BCUT2D eigenvalue weighted by Gasteiger charge is -2.12. The van der Waals surface area contributed by atoms with E-state index in [-0.39, 0.29) is 0 Å². The van der Waals surface area contributed by atoms with Gasteiger partial charge in [0.15, 0.2) is 0 Å². The summed E-state index contributed by atoms with van der Waals surface area (Å²) < 4.78 is 12.3. The van der Waals surface area contributed by atoms with Crippen LogP contribution in [-0.2, 0) is 11.2 Å². The Bertz CT molecular complexity index is 889. The van der Waals surface area contributed by atoms with Crippen LogP contribution >= 0.6 is 0 Å². The van der Waals surface area contributed by atoms with Crippen molar-refractivity contribution in [1.82, 2.24) is 0 Å². The maximum atomic E-state index is 11.0. The molecule has 0 aliphatic carbocycles. The lowest BCUT2D eigenvalue weighted by Crippen LogP contribution is -2.01. The van der Waals surface area contributed by atoms with Crippen molar-refractivity contribution >= 4 is 6.29 Å². The minimum Gasteiger partial charge on any atom is -0.493 e. The van der Waals surface area contributed by atoms with Gasteiger partial charge in [-0.05, 0) is 101 Å². The number of unbranched alkanes of at least 4 members (excludes halogenated alkanes) is 18. The lowest BCUT2D eigenvalue weighted by atomic mass is 10.1. The number of benzene rings is 1. The summed E-state index contributed by atoms with van der Waals surface area (Å²) in [7, 11) is 0. The Morgan fingerprint density at radius 2 is 0.812 bits per heavy atom. The van der Waals surface area contributed by atoms with Crippen molar-refractivity contribution in [3.63, 3.8) is 0 Å². The first-order valence-corrected chi connectivity index (χ1v) is 20.2. The Kier molecular flexibility index (Phi) is 32.4. The van der Waals surface area contributed by atoms with Crippen LogP contribution in [0.4, 0.5) is 0 Å². The molecule has 0 aliphatic heterocycles. The van der Waals surface area contributed by atoms with Gasteiger partial charge in [0.2, 0.25) is 0 Å². The second-order valence-corrected chi connectivity index (χ2v) is 13.4. The fourth-order valence-electron chi connectivity index (χ4n) is 5.73. The predicted octanol–water partition coefficient (Wildman–Crippen LogP) is 14.2. The van der Waals surface area contributed by atoms with Crippen LogP contribution in [0.1, 0.15) is 180 Å². The second-order valence-electron chi connectivity index (χ2n) is 13.4. The number of hydrogen-bond donors (Lipinski definition) is 0. The Morgan fingerprint density at radius 1 is 0.438 bits per heavy atom. The monoisotopic (exact) mass is 663 g/mol. The average Bonchev–Trinajstić information content (AvgIpc) is 3.10. The lowest BCUT2D eigenvalue weighted by molar-refractivity contribution is -0.107. The third-order valence-electron chi connectivity index (χ3n) is 8.72. The predicted molar refractivity (Wildman–Crippen MR) is 211 cm³/mol. The molecule has 1 aromatic carbocycles. The van der Waals surface area contributed by atoms with E-state index in [4.69, 9.17) is 9.47 Å². The number of carbonyl (C=O) groups is 1. The zero-order valence-electron chi connectivity index (χ0n) is 31.5. The fraction of sp³-hybridized carbons (Fsp3) is 0.667. The van der Waals surface area contributed by atoms with E-state index in [0.29, 0.717) is 6.42 Å². The van der Waals surface area contributed by atoms with Crippen molar-refractivity contribution in [2.24, 2.45) is 0 Å². The Morgan fingerprint density at radius 3 is 1.21 bits per heavy atom. The standard InChI is InChI=1S/C45H74O3/c1-3-5-7-9-11-13-15-17-19-21-23-25-27-29-31-33-38-47-44-40-43(36-35-37-46)41-45(42-44)48-39-34-32-30-28-26-24-22-20-18-16-14-12-10-8-6-4-2/h11-14,17-20,37,40-42H,3-10,15-16,21-36,38-39H2,1-2H3. The zero-order chi connectivity index (χ0) is 34.4. The van der Waals surface area contributed by atoms with Crippen LogP contribution in [0.3, 0.4) is 0 Å². The molecular weight excluding hydrogens is 588 g/mol. The highest BCUT2D eigenvalue weighted by Crippen LogP contribution is 2.25. The number of allylic oxidation sites excluding steroid dienone is 8. The van der Waals surface area contributed by atoms with Gasteiger partial charge in [0.05, 0.1) is 13.2 Å². The summed E-state index contributed by atoms with van der Waals surface area (Å²) in [5.74, 6) is 1.74. The molecule has 0 atom stereocenters. The molecule has 0 heterocycles. The van der Waals surface area contributed by atoms with Crippen molar-refractivity contribution in [2.45, 2.75) is 181 Å². The Balaban J connectivity index is 2.12. The highest BCUT2D eigenvalue weighted by Gasteiger charge is 2.05. The molecule has 48 heavy (non-hydrogen) atoms. The van der Waals surface area contributed by atoms with Gasteiger partial charge in [-0.1, -0.05) is 140 Å². The number of ether oxygens (including phenoxy) is 2.